The second kappa shape index (κ2) is 7.13. The highest BCUT2D eigenvalue weighted by Crippen LogP contribution is 2.28. The molecule has 23 heavy (non-hydrogen) atoms. The predicted octanol–water partition coefficient (Wildman–Crippen LogP) is 3.25. The van der Waals surface area contributed by atoms with E-state index < -0.39 is 0 Å². The van der Waals surface area contributed by atoms with Crippen LogP contribution in [0.4, 0.5) is 0 Å². The van der Waals surface area contributed by atoms with Crippen LogP contribution in [0.25, 0.3) is 22.5 Å². The molecular formula is C17H16N6. The maximum absolute atomic E-state index is 4.03. The number of nitrogens with zero attached hydrogens (tertiary/aromatic N) is 4. The number of imidazole rings is 1. The van der Waals surface area contributed by atoms with E-state index in [1.807, 2.05) is 43.3 Å². The number of rotatable bonds is 2. The van der Waals surface area contributed by atoms with E-state index in [1.165, 1.54) is 0 Å². The van der Waals surface area contributed by atoms with Crippen LogP contribution in [-0.4, -0.2) is 30.6 Å². The van der Waals surface area contributed by atoms with E-state index >= 15 is 0 Å². The van der Waals surface area contributed by atoms with E-state index in [-0.39, 0.29) is 0 Å². The molecule has 0 bridgehead atoms. The van der Waals surface area contributed by atoms with Gasteiger partial charge in [-0.15, -0.1) is 10.2 Å². The van der Waals surface area contributed by atoms with Crippen LogP contribution in [0.3, 0.4) is 0 Å². The number of aromatic nitrogens is 6. The zero-order valence-electron chi connectivity index (χ0n) is 12.6. The Morgan fingerprint density at radius 1 is 0.870 bits per heavy atom. The van der Waals surface area contributed by atoms with Crippen molar-refractivity contribution in [3.8, 4) is 22.5 Å². The first-order valence-corrected chi connectivity index (χ1v) is 7.19. The highest BCUT2D eigenvalue weighted by atomic mass is 15.5. The molecule has 2 heterocycles. The number of tetrazole rings is 1. The molecule has 0 aliphatic carbocycles. The third-order valence-electron chi connectivity index (χ3n) is 3.23. The van der Waals surface area contributed by atoms with Gasteiger partial charge in [0.2, 0.25) is 5.82 Å². The summed E-state index contributed by atoms with van der Waals surface area (Å²) < 4.78 is 0. The van der Waals surface area contributed by atoms with Crippen LogP contribution in [0.2, 0.25) is 0 Å². The predicted molar refractivity (Wildman–Crippen MR) is 88.4 cm³/mol. The van der Waals surface area contributed by atoms with Crippen molar-refractivity contribution in [1.82, 2.24) is 30.6 Å². The van der Waals surface area contributed by atoms with Crippen molar-refractivity contribution >= 4 is 0 Å². The minimum absolute atomic E-state index is 0.615. The molecule has 0 spiro atoms. The van der Waals surface area contributed by atoms with E-state index in [4.69, 9.17) is 0 Å². The Morgan fingerprint density at radius 3 is 2.17 bits per heavy atom. The summed E-state index contributed by atoms with van der Waals surface area (Å²) >= 11 is 0. The van der Waals surface area contributed by atoms with Gasteiger partial charge in [-0.05, 0) is 23.3 Å². The number of benzene rings is 2. The molecule has 0 aliphatic heterocycles. The van der Waals surface area contributed by atoms with Crippen LogP contribution in [0.1, 0.15) is 5.82 Å². The lowest BCUT2D eigenvalue weighted by Crippen LogP contribution is -1.86. The Morgan fingerprint density at radius 2 is 1.61 bits per heavy atom. The van der Waals surface area contributed by atoms with Gasteiger partial charge in [0.1, 0.15) is 5.82 Å². The van der Waals surface area contributed by atoms with Gasteiger partial charge in [-0.25, -0.2) is 4.98 Å². The Bertz CT molecular complexity index is 823. The molecule has 0 unspecified atom stereocenters. The first-order valence-electron chi connectivity index (χ1n) is 7.19. The lowest BCUT2D eigenvalue weighted by molar-refractivity contribution is 0.881. The molecular weight excluding hydrogens is 288 g/mol. The normalized spacial score (nSPS) is 9.96. The van der Waals surface area contributed by atoms with Gasteiger partial charge in [0.25, 0.3) is 0 Å². The van der Waals surface area contributed by atoms with Gasteiger partial charge < -0.3 is 4.98 Å². The minimum Gasteiger partial charge on any atom is -0.349 e. The third-order valence-corrected chi connectivity index (χ3v) is 3.23. The van der Waals surface area contributed by atoms with Crippen LogP contribution >= 0.6 is 0 Å². The average Bonchev–Trinajstić information content (AvgIpc) is 3.30. The van der Waals surface area contributed by atoms with E-state index in [2.05, 4.69) is 48.8 Å². The lowest BCUT2D eigenvalue weighted by Gasteiger charge is -2.05. The van der Waals surface area contributed by atoms with Crippen molar-refractivity contribution in [2.24, 2.45) is 0 Å². The number of hydrogen-bond acceptors (Lipinski definition) is 4. The van der Waals surface area contributed by atoms with Crippen molar-refractivity contribution in [2.75, 3.05) is 0 Å². The summed E-state index contributed by atoms with van der Waals surface area (Å²) in [6.45, 7) is 1.92. The zero-order valence-corrected chi connectivity index (χ0v) is 12.6. The fourth-order valence-electron chi connectivity index (χ4n) is 2.17. The summed E-state index contributed by atoms with van der Waals surface area (Å²) in [5.74, 6) is 1.58. The fraction of sp³-hybridized carbons (Fsp3) is 0.0588. The van der Waals surface area contributed by atoms with Gasteiger partial charge in [-0.3, -0.25) is 0 Å². The molecule has 6 heteroatoms. The SMILES string of the molecule is Cc1ncc[nH]1.c1ccc(-c2ccccc2-c2nn[nH]n2)cc1. The van der Waals surface area contributed by atoms with Crippen molar-refractivity contribution in [3.05, 3.63) is 72.8 Å². The van der Waals surface area contributed by atoms with Crippen molar-refractivity contribution < 1.29 is 0 Å². The summed E-state index contributed by atoms with van der Waals surface area (Å²) in [5, 5.41) is 14.1. The van der Waals surface area contributed by atoms with Crippen molar-refractivity contribution in [2.45, 2.75) is 6.92 Å². The smallest absolute Gasteiger partial charge is 0.205 e. The molecule has 4 aromatic rings. The summed E-state index contributed by atoms with van der Waals surface area (Å²) in [6.07, 6.45) is 3.53. The van der Waals surface area contributed by atoms with Gasteiger partial charge in [0, 0.05) is 18.0 Å². The van der Waals surface area contributed by atoms with E-state index in [1.54, 1.807) is 12.4 Å². The van der Waals surface area contributed by atoms with Crippen LogP contribution in [0.5, 0.6) is 0 Å². The van der Waals surface area contributed by atoms with E-state index in [9.17, 15) is 0 Å². The molecule has 0 atom stereocenters. The number of nitrogens with one attached hydrogen (secondary N) is 2. The van der Waals surface area contributed by atoms with Gasteiger partial charge in [-0.1, -0.05) is 54.6 Å². The Balaban J connectivity index is 0.000000220. The standard InChI is InChI=1S/C13H10N4.C4H6N2/c1-2-6-10(7-3-1)11-8-4-5-9-12(11)13-14-16-17-15-13;1-4-5-2-3-6-4/h1-9H,(H,14,15,16,17);2-3H,1H3,(H,5,6). The van der Waals surface area contributed by atoms with Gasteiger partial charge in [-0.2, -0.15) is 5.21 Å². The highest BCUT2D eigenvalue weighted by molar-refractivity contribution is 5.80. The number of H-pyrrole nitrogens is 2. The first kappa shape index (κ1) is 14.6. The molecule has 6 nitrogen and oxygen atoms in total. The van der Waals surface area contributed by atoms with Crippen LogP contribution in [0, 0.1) is 6.92 Å². The maximum atomic E-state index is 4.03. The van der Waals surface area contributed by atoms with Crippen molar-refractivity contribution in [1.29, 1.82) is 0 Å². The largest absolute Gasteiger partial charge is 0.349 e. The molecule has 0 aliphatic rings. The maximum Gasteiger partial charge on any atom is 0.205 e. The van der Waals surface area contributed by atoms with Gasteiger partial charge in [0.15, 0.2) is 0 Å². The molecule has 2 aromatic carbocycles. The summed E-state index contributed by atoms with van der Waals surface area (Å²) in [4.78, 5) is 6.75. The van der Waals surface area contributed by atoms with E-state index in [0.717, 1.165) is 22.5 Å². The van der Waals surface area contributed by atoms with Crippen LogP contribution in [-0.2, 0) is 0 Å². The average molecular weight is 304 g/mol. The fourth-order valence-corrected chi connectivity index (χ4v) is 2.17. The number of aromatic amines is 2. The minimum atomic E-state index is 0.615. The van der Waals surface area contributed by atoms with Crippen molar-refractivity contribution in [3.63, 3.8) is 0 Å². The molecule has 2 aromatic heterocycles. The van der Waals surface area contributed by atoms with E-state index in [0.29, 0.717) is 5.82 Å². The van der Waals surface area contributed by atoms with Crippen LogP contribution in [0.15, 0.2) is 67.0 Å². The first-order chi connectivity index (χ1) is 11.3. The molecule has 0 saturated carbocycles. The number of hydrogen-bond donors (Lipinski definition) is 2. The summed E-state index contributed by atoms with van der Waals surface area (Å²) in [7, 11) is 0. The summed E-state index contributed by atoms with van der Waals surface area (Å²) in [6, 6.07) is 18.2. The molecule has 2 N–H and O–H groups in total. The number of aryl methyl sites for hydroxylation is 1. The monoisotopic (exact) mass is 304 g/mol. The molecule has 0 amide bonds. The second-order valence-corrected chi connectivity index (χ2v) is 4.82. The van der Waals surface area contributed by atoms with Crippen LogP contribution < -0.4 is 0 Å². The highest BCUT2D eigenvalue weighted by Gasteiger charge is 2.09. The molecule has 0 fully saturated rings. The quantitative estimate of drug-likeness (QED) is 0.595. The second-order valence-electron chi connectivity index (χ2n) is 4.82. The molecule has 4 rings (SSSR count). The topological polar surface area (TPSA) is 83.1 Å². The molecule has 0 saturated heterocycles. The van der Waals surface area contributed by atoms with Gasteiger partial charge in [0.05, 0.1) is 0 Å². The van der Waals surface area contributed by atoms with Gasteiger partial charge >= 0.3 is 0 Å². The Kier molecular flexibility index (Phi) is 4.54. The zero-order chi connectivity index (χ0) is 15.9. The Hall–Kier alpha value is -3.28. The summed E-state index contributed by atoms with van der Waals surface area (Å²) in [5.41, 5.74) is 3.23. The molecule has 114 valence electrons. The Labute approximate surface area is 133 Å². The third kappa shape index (κ3) is 3.68. The molecule has 0 radical (unpaired) electrons. The lowest BCUT2D eigenvalue weighted by atomic mass is 9.99.